The molecule has 0 bridgehead atoms. The zero-order valence-electron chi connectivity index (χ0n) is 33.5. The number of fused-ring (bicyclic) bond motifs is 2. The predicted octanol–water partition coefficient (Wildman–Crippen LogP) is -2.37. The minimum Gasteiger partial charge on any atom is -0.505 e. The van der Waals surface area contributed by atoms with Gasteiger partial charge in [0.2, 0.25) is 11.5 Å². The smallest absolute Gasteiger partial charge is 0.505 e. The Hall–Kier alpha value is -5.21. The molecule has 0 amide bonds. The summed E-state index contributed by atoms with van der Waals surface area (Å²) in [6, 6.07) is 12.3. The Balaban J connectivity index is 0.000000622. The van der Waals surface area contributed by atoms with E-state index in [1.54, 1.807) is 0 Å². The second-order valence-corrected chi connectivity index (χ2v) is 14.9. The molecule has 326 valence electrons. The average molecular weight is 1020 g/mol. The van der Waals surface area contributed by atoms with Crippen LogP contribution >= 0.6 is 0 Å². The van der Waals surface area contributed by atoms with Gasteiger partial charge in [-0.25, -0.2) is 0 Å². The standard InChI is InChI=1S/2C16H11N5O9S.Cr.3Na/c2*17-8-1-2-10-7(3-8)4-13(31(28,29)30)14(15(10)22)19-18-11-5-9(20(24)25)6-12(16(11)23)21(26)27;;;;/h2*1-6,22-23H,17H2,(H,28,29,30);;;;/q;;;3*+1. The van der Waals surface area contributed by atoms with Crippen LogP contribution in [0.25, 0.3) is 21.5 Å². The van der Waals surface area contributed by atoms with Crippen LogP contribution in [0, 0.1) is 40.5 Å². The maximum absolute atomic E-state index is 11.8. The Labute approximate surface area is 444 Å². The first-order chi connectivity index (χ1) is 28.8. The van der Waals surface area contributed by atoms with Crippen LogP contribution in [0.2, 0.25) is 0 Å². The van der Waals surface area contributed by atoms with Gasteiger partial charge < -0.3 is 31.9 Å². The quantitative estimate of drug-likeness (QED) is 0.0178. The molecule has 0 spiro atoms. The fraction of sp³-hybridized carbons (Fsp3) is 0. The van der Waals surface area contributed by atoms with Crippen LogP contribution in [-0.4, -0.2) is 66.1 Å². The second-order valence-electron chi connectivity index (χ2n) is 12.1. The molecule has 66 heavy (non-hydrogen) atoms. The van der Waals surface area contributed by atoms with Crippen LogP contribution in [0.1, 0.15) is 0 Å². The number of hydrogen-bond donors (Lipinski definition) is 8. The number of rotatable bonds is 10. The van der Waals surface area contributed by atoms with E-state index >= 15 is 0 Å². The van der Waals surface area contributed by atoms with Crippen molar-refractivity contribution in [2.75, 3.05) is 11.5 Å². The van der Waals surface area contributed by atoms with Crippen LogP contribution in [0.4, 0.5) is 56.9 Å². The minimum absolute atomic E-state index is 0. The minimum atomic E-state index is -4.95. The molecule has 28 nitrogen and oxygen atoms in total. The van der Waals surface area contributed by atoms with Crippen molar-refractivity contribution in [1.82, 2.24) is 0 Å². The van der Waals surface area contributed by atoms with E-state index in [0.29, 0.717) is 24.3 Å². The van der Waals surface area contributed by atoms with E-state index in [4.69, 9.17) is 11.5 Å². The van der Waals surface area contributed by atoms with Gasteiger partial charge in [0.25, 0.3) is 31.6 Å². The first kappa shape index (κ1) is 58.8. The predicted molar refractivity (Wildman–Crippen MR) is 211 cm³/mol. The monoisotopic (exact) mass is 1020 g/mol. The molecular weight excluding hydrogens is 998 g/mol. The Morgan fingerprint density at radius 1 is 0.470 bits per heavy atom. The van der Waals surface area contributed by atoms with E-state index in [-0.39, 0.29) is 139 Å². The molecular formula is C32H22CrN10Na3O18S2+3. The topological polar surface area (TPSA) is 464 Å². The number of nitro benzene ring substituents is 4. The van der Waals surface area contributed by atoms with Crippen LogP contribution in [0.5, 0.6) is 23.0 Å². The first-order valence-electron chi connectivity index (χ1n) is 16.0. The number of benzene rings is 6. The Bertz CT molecular complexity index is 3040. The summed E-state index contributed by atoms with van der Waals surface area (Å²) in [6.45, 7) is 0. The molecule has 0 radical (unpaired) electrons. The molecule has 0 aromatic heterocycles. The molecule has 0 fully saturated rings. The molecule has 0 unspecified atom stereocenters. The van der Waals surface area contributed by atoms with E-state index in [9.17, 15) is 86.8 Å². The van der Waals surface area contributed by atoms with E-state index in [0.717, 1.165) is 12.1 Å². The summed E-state index contributed by atoms with van der Waals surface area (Å²) in [4.78, 5) is 38.1. The number of hydrogen-bond acceptors (Lipinski definition) is 22. The van der Waals surface area contributed by atoms with Crippen molar-refractivity contribution in [3.8, 4) is 23.0 Å². The normalized spacial score (nSPS) is 11.1. The van der Waals surface area contributed by atoms with Gasteiger partial charge in [0.1, 0.15) is 32.5 Å². The van der Waals surface area contributed by atoms with E-state index in [1.807, 2.05) is 0 Å². The molecule has 0 atom stereocenters. The number of nitrogens with two attached hydrogens (primary N) is 2. The average Bonchev–Trinajstić information content (AvgIpc) is 3.16. The number of anilines is 2. The van der Waals surface area contributed by atoms with Crippen molar-refractivity contribution in [3.05, 3.63) is 113 Å². The van der Waals surface area contributed by atoms with Gasteiger partial charge in [-0.05, 0) is 59.3 Å². The van der Waals surface area contributed by atoms with Gasteiger partial charge in [-0.3, -0.25) is 49.6 Å². The van der Waals surface area contributed by atoms with Crippen molar-refractivity contribution < 1.29 is 172 Å². The number of non-ortho nitro benzene ring substituents is 2. The van der Waals surface area contributed by atoms with Crippen LogP contribution in [0.3, 0.4) is 0 Å². The van der Waals surface area contributed by atoms with E-state index in [1.165, 1.54) is 36.4 Å². The van der Waals surface area contributed by atoms with Crippen LogP contribution < -0.4 is 100 Å². The van der Waals surface area contributed by atoms with Gasteiger partial charge in [0, 0.05) is 51.6 Å². The van der Waals surface area contributed by atoms with Crippen molar-refractivity contribution in [2.45, 2.75) is 9.79 Å². The van der Waals surface area contributed by atoms with E-state index in [2.05, 4.69) is 20.5 Å². The summed E-state index contributed by atoms with van der Waals surface area (Å²) in [5, 5.41) is 99.2. The first-order valence-corrected chi connectivity index (χ1v) is 18.9. The second kappa shape index (κ2) is 23.0. The number of nitrogen functional groups attached to an aromatic ring is 2. The number of aromatic hydroxyl groups is 4. The number of nitrogens with zero attached hydrogens (tertiary/aromatic N) is 8. The largest absolute Gasteiger partial charge is 1.00 e. The van der Waals surface area contributed by atoms with Gasteiger partial charge in [-0.1, -0.05) is 0 Å². The van der Waals surface area contributed by atoms with Crippen molar-refractivity contribution in [2.24, 2.45) is 20.5 Å². The molecule has 0 saturated carbocycles. The zero-order valence-corrected chi connectivity index (χ0v) is 42.4. The van der Waals surface area contributed by atoms with Crippen molar-refractivity contribution in [3.63, 3.8) is 0 Å². The Morgan fingerprint density at radius 2 is 0.788 bits per heavy atom. The van der Waals surface area contributed by atoms with Crippen LogP contribution in [-0.2, 0) is 37.6 Å². The van der Waals surface area contributed by atoms with E-state index < -0.39 is 118 Å². The maximum atomic E-state index is 11.8. The van der Waals surface area contributed by atoms with Gasteiger partial charge in [-0.2, -0.15) is 16.8 Å². The van der Waals surface area contributed by atoms with Gasteiger partial charge in [0.15, 0.2) is 11.5 Å². The molecule has 34 heteroatoms. The molecule has 6 aromatic rings. The zero-order chi connectivity index (χ0) is 46.2. The summed E-state index contributed by atoms with van der Waals surface area (Å²) in [5.41, 5.74) is 4.99. The molecule has 0 heterocycles. The van der Waals surface area contributed by atoms with Gasteiger partial charge >= 0.3 is 100 Å². The fourth-order valence-corrected chi connectivity index (χ4v) is 6.67. The third kappa shape index (κ3) is 13.0. The SMILES string of the molecule is Nc1ccc2c(O)c(N=Nc3cc([N+](=O)[O-])cc([N+](=O)[O-])c3O)c(S(=O)(=O)O)cc2c1.Nc1ccc2c(O)c(N=Nc3cc([N+](=O)[O-])cc([N+](=O)[O-])c3O)c(S(=O)(=O)O)cc2c1.[Cr].[Na+].[Na+].[Na+]. The summed E-state index contributed by atoms with van der Waals surface area (Å²) in [6.07, 6.45) is 0. The molecule has 0 aliphatic rings. The summed E-state index contributed by atoms with van der Waals surface area (Å²) in [5.74, 6) is -3.65. The maximum Gasteiger partial charge on any atom is 1.00 e. The summed E-state index contributed by atoms with van der Waals surface area (Å²) >= 11 is 0. The van der Waals surface area contributed by atoms with Crippen molar-refractivity contribution >= 4 is 98.7 Å². The summed E-state index contributed by atoms with van der Waals surface area (Å²) in [7, 11) is -9.90. The molecule has 6 aromatic carbocycles. The Kier molecular flexibility index (Phi) is 20.5. The molecule has 10 N–H and O–H groups in total. The number of phenols is 4. The van der Waals surface area contributed by atoms with Gasteiger partial charge in [-0.15, -0.1) is 20.5 Å². The number of nitro groups is 4. The van der Waals surface area contributed by atoms with Crippen molar-refractivity contribution in [1.29, 1.82) is 0 Å². The number of phenolic OH excluding ortho intramolecular Hbond substituents is 4. The van der Waals surface area contributed by atoms with Gasteiger partial charge in [0.05, 0.1) is 31.8 Å². The molecule has 0 aliphatic heterocycles. The molecule has 6 rings (SSSR count). The summed E-state index contributed by atoms with van der Waals surface area (Å²) < 4.78 is 66.2. The fourth-order valence-electron chi connectivity index (χ4n) is 5.36. The molecule has 0 aliphatic carbocycles. The Morgan fingerprint density at radius 3 is 1.06 bits per heavy atom. The third-order valence-corrected chi connectivity index (χ3v) is 9.88. The third-order valence-electron chi connectivity index (χ3n) is 8.15. The van der Waals surface area contributed by atoms with Crippen LogP contribution in [0.15, 0.2) is 103 Å². The number of azo groups is 2. The molecule has 0 saturated heterocycles.